The maximum absolute atomic E-state index is 13.6. The van der Waals surface area contributed by atoms with Crippen LogP contribution in [0.2, 0.25) is 0 Å². The Morgan fingerprint density at radius 2 is 1.96 bits per heavy atom. The van der Waals surface area contributed by atoms with Gasteiger partial charge in [-0.2, -0.15) is 0 Å². The number of halogens is 2. The molecule has 3 rings (SSSR count). The molecule has 28 heavy (non-hydrogen) atoms. The molecule has 1 aromatic rings. The maximum atomic E-state index is 13.6. The monoisotopic (exact) mass is 392 g/mol. The molecule has 0 aromatic heterocycles. The Morgan fingerprint density at radius 3 is 2.61 bits per heavy atom. The van der Waals surface area contributed by atoms with Gasteiger partial charge in [0, 0.05) is 36.8 Å². The van der Waals surface area contributed by atoms with Gasteiger partial charge in [0.1, 0.15) is 0 Å². The quantitative estimate of drug-likeness (QED) is 0.735. The van der Waals surface area contributed by atoms with Crippen LogP contribution in [0.3, 0.4) is 0 Å². The molecule has 152 valence electrons. The third-order valence-corrected chi connectivity index (χ3v) is 5.30. The topological polar surface area (TPSA) is 73.5 Å². The fraction of sp³-hybridized carbons (Fsp3) is 0.500. The molecular weight excluding hydrogens is 366 g/mol. The van der Waals surface area contributed by atoms with Crippen LogP contribution in [0.1, 0.15) is 38.1 Å². The van der Waals surface area contributed by atoms with Crippen molar-refractivity contribution in [2.45, 2.75) is 39.8 Å². The molecule has 0 radical (unpaired) electrons. The number of carbonyl (C=O) groups is 2. The van der Waals surface area contributed by atoms with E-state index in [4.69, 9.17) is 0 Å². The summed E-state index contributed by atoms with van der Waals surface area (Å²) in [6, 6.07) is 2.74. The first-order chi connectivity index (χ1) is 13.1. The van der Waals surface area contributed by atoms with Gasteiger partial charge in [-0.15, -0.1) is 0 Å². The molecule has 8 heteroatoms. The van der Waals surface area contributed by atoms with Gasteiger partial charge in [-0.1, -0.05) is 13.8 Å². The van der Waals surface area contributed by atoms with Gasteiger partial charge in [0.2, 0.25) is 0 Å². The van der Waals surface area contributed by atoms with Gasteiger partial charge in [0.05, 0.1) is 11.6 Å². The number of hydrazine groups is 1. The van der Waals surface area contributed by atoms with E-state index in [-0.39, 0.29) is 34.9 Å². The van der Waals surface area contributed by atoms with Crippen molar-refractivity contribution in [3.63, 3.8) is 0 Å². The fourth-order valence-electron chi connectivity index (χ4n) is 3.84. The lowest BCUT2D eigenvalue weighted by Gasteiger charge is -2.35. The van der Waals surface area contributed by atoms with Gasteiger partial charge in [-0.3, -0.25) is 15.0 Å². The average Bonchev–Trinajstić information content (AvgIpc) is 3.06. The smallest absolute Gasteiger partial charge is 0.257 e. The van der Waals surface area contributed by atoms with Crippen molar-refractivity contribution < 1.29 is 18.4 Å². The summed E-state index contributed by atoms with van der Waals surface area (Å²) in [5.41, 5.74) is 6.40. The van der Waals surface area contributed by atoms with E-state index < -0.39 is 17.5 Å². The van der Waals surface area contributed by atoms with E-state index in [0.717, 1.165) is 12.1 Å². The minimum absolute atomic E-state index is 0.0349. The number of fused-ring (bicyclic) bond motifs is 1. The Hall–Kier alpha value is -2.32. The first-order valence-corrected chi connectivity index (χ1v) is 9.37. The highest BCUT2D eigenvalue weighted by atomic mass is 19.2. The first-order valence-electron chi connectivity index (χ1n) is 9.37. The van der Waals surface area contributed by atoms with E-state index in [0.29, 0.717) is 18.7 Å². The van der Waals surface area contributed by atoms with Crippen LogP contribution in [0.5, 0.6) is 0 Å². The Balaban J connectivity index is 2.01. The van der Waals surface area contributed by atoms with Crippen molar-refractivity contribution in [2.24, 2.45) is 11.3 Å². The van der Waals surface area contributed by atoms with Crippen LogP contribution in [0.4, 0.5) is 8.78 Å². The molecule has 2 aliphatic rings. The van der Waals surface area contributed by atoms with E-state index in [2.05, 4.69) is 16.2 Å². The van der Waals surface area contributed by atoms with Crippen LogP contribution >= 0.6 is 0 Å². The van der Waals surface area contributed by atoms with Crippen molar-refractivity contribution in [3.8, 4) is 0 Å². The highest BCUT2D eigenvalue weighted by Gasteiger charge is 2.46. The minimum atomic E-state index is -1.08. The van der Waals surface area contributed by atoms with Crippen LogP contribution in [0.25, 0.3) is 0 Å². The third kappa shape index (κ3) is 3.93. The SMILES string of the molecule is CC(C)NC(=O)C1=CN(C(=O)c2ccc(F)c(F)c2)CC(C)(C)C2CNNC12. The molecule has 2 unspecified atom stereocenters. The van der Waals surface area contributed by atoms with Gasteiger partial charge in [0.25, 0.3) is 11.8 Å². The van der Waals surface area contributed by atoms with Gasteiger partial charge >= 0.3 is 0 Å². The summed E-state index contributed by atoms with van der Waals surface area (Å²) in [7, 11) is 0. The Morgan fingerprint density at radius 1 is 1.25 bits per heavy atom. The van der Waals surface area contributed by atoms with Gasteiger partial charge < -0.3 is 10.2 Å². The molecule has 6 nitrogen and oxygen atoms in total. The zero-order chi connectivity index (χ0) is 20.6. The van der Waals surface area contributed by atoms with Crippen molar-refractivity contribution in [1.82, 2.24) is 21.1 Å². The van der Waals surface area contributed by atoms with Gasteiger partial charge in [-0.05, 0) is 37.5 Å². The van der Waals surface area contributed by atoms with Crippen molar-refractivity contribution in [1.29, 1.82) is 0 Å². The van der Waals surface area contributed by atoms with Crippen molar-refractivity contribution in [3.05, 3.63) is 47.2 Å². The number of nitrogens with one attached hydrogen (secondary N) is 3. The lowest BCUT2D eigenvalue weighted by molar-refractivity contribution is -0.118. The molecule has 1 aromatic carbocycles. The van der Waals surface area contributed by atoms with E-state index in [1.54, 1.807) is 0 Å². The Bertz CT molecular complexity index is 822. The highest BCUT2D eigenvalue weighted by Crippen LogP contribution is 2.38. The van der Waals surface area contributed by atoms with E-state index in [1.165, 1.54) is 17.2 Å². The fourth-order valence-corrected chi connectivity index (χ4v) is 3.84. The molecule has 2 atom stereocenters. The summed E-state index contributed by atoms with van der Waals surface area (Å²) in [6.07, 6.45) is 1.54. The second-order valence-electron chi connectivity index (χ2n) is 8.37. The number of benzene rings is 1. The number of rotatable bonds is 3. The minimum Gasteiger partial charge on any atom is -0.350 e. The number of carbonyl (C=O) groups excluding carboxylic acids is 2. The predicted molar refractivity (Wildman–Crippen MR) is 101 cm³/mol. The van der Waals surface area contributed by atoms with Crippen LogP contribution < -0.4 is 16.2 Å². The average molecular weight is 392 g/mol. The Kier molecular flexibility index (Phi) is 5.54. The van der Waals surface area contributed by atoms with Crippen LogP contribution in [-0.4, -0.2) is 41.9 Å². The summed E-state index contributed by atoms with van der Waals surface area (Å²) in [5.74, 6) is -2.76. The molecule has 3 N–H and O–H groups in total. The second-order valence-corrected chi connectivity index (χ2v) is 8.37. The van der Waals surface area contributed by atoms with Crippen molar-refractivity contribution >= 4 is 11.8 Å². The van der Waals surface area contributed by atoms with Crippen molar-refractivity contribution in [2.75, 3.05) is 13.1 Å². The van der Waals surface area contributed by atoms with Gasteiger partial charge in [-0.25, -0.2) is 14.2 Å². The molecule has 2 heterocycles. The molecule has 0 bridgehead atoms. The summed E-state index contributed by atoms with van der Waals surface area (Å²) < 4.78 is 26.9. The van der Waals surface area contributed by atoms with E-state index in [1.807, 2.05) is 27.7 Å². The Labute approximate surface area is 163 Å². The normalized spacial score (nSPS) is 23.8. The van der Waals surface area contributed by atoms with E-state index >= 15 is 0 Å². The summed E-state index contributed by atoms with van der Waals surface area (Å²) in [5, 5.41) is 2.87. The first kappa shape index (κ1) is 20.4. The molecule has 2 amide bonds. The molecule has 0 aliphatic carbocycles. The molecular formula is C20H26F2N4O2. The van der Waals surface area contributed by atoms with Gasteiger partial charge in [0.15, 0.2) is 11.6 Å². The molecule has 0 saturated carbocycles. The standard InChI is InChI=1S/C20H26F2N4O2/c1-11(2)24-18(27)13-9-26(10-20(3,4)14-8-23-25-17(13)14)19(28)12-5-6-15(21)16(22)7-12/h5-7,9,11,14,17,23,25H,8,10H2,1-4H3,(H,24,27). The molecule has 1 fully saturated rings. The lowest BCUT2D eigenvalue weighted by Crippen LogP contribution is -2.44. The zero-order valence-electron chi connectivity index (χ0n) is 16.5. The van der Waals surface area contributed by atoms with Crippen LogP contribution in [0.15, 0.2) is 30.0 Å². The maximum Gasteiger partial charge on any atom is 0.257 e. The molecule has 1 saturated heterocycles. The number of hydrogen-bond acceptors (Lipinski definition) is 4. The number of nitrogens with zero attached hydrogens (tertiary/aromatic N) is 1. The lowest BCUT2D eigenvalue weighted by atomic mass is 9.74. The molecule has 2 aliphatic heterocycles. The summed E-state index contributed by atoms with van der Waals surface area (Å²) >= 11 is 0. The molecule has 0 spiro atoms. The number of amides is 2. The van der Waals surface area contributed by atoms with Crippen LogP contribution in [-0.2, 0) is 4.79 Å². The highest BCUT2D eigenvalue weighted by molar-refractivity contribution is 5.98. The number of hydrogen-bond donors (Lipinski definition) is 3. The largest absolute Gasteiger partial charge is 0.350 e. The van der Waals surface area contributed by atoms with E-state index in [9.17, 15) is 18.4 Å². The predicted octanol–water partition coefficient (Wildman–Crippen LogP) is 1.95. The summed E-state index contributed by atoms with van der Waals surface area (Å²) in [4.78, 5) is 27.3. The second kappa shape index (κ2) is 7.60. The third-order valence-electron chi connectivity index (χ3n) is 5.30. The summed E-state index contributed by atoms with van der Waals surface area (Å²) in [6.45, 7) is 8.78. The van der Waals surface area contributed by atoms with Crippen LogP contribution in [0, 0.1) is 23.0 Å². The zero-order valence-corrected chi connectivity index (χ0v) is 16.5.